The van der Waals surface area contributed by atoms with Gasteiger partial charge in [-0.2, -0.15) is 5.26 Å². The first-order valence-electron chi connectivity index (χ1n) is 9.05. The largest absolute Gasteiger partial charge is 0.497 e. The molecule has 0 atom stereocenters. The fraction of sp³-hybridized carbons (Fsp3) is 0.130. The number of nitrogens with zero attached hydrogens (tertiary/aromatic N) is 2. The summed E-state index contributed by atoms with van der Waals surface area (Å²) in [5.41, 5.74) is 3.55. The van der Waals surface area contributed by atoms with Gasteiger partial charge in [0, 0.05) is 22.8 Å². The molecule has 0 unspecified atom stereocenters. The maximum absolute atomic E-state index is 13.5. The monoisotopic (exact) mass is 423 g/mol. The second kappa shape index (κ2) is 8.85. The van der Waals surface area contributed by atoms with Crippen LogP contribution in [0.2, 0.25) is 5.02 Å². The van der Waals surface area contributed by atoms with Crippen molar-refractivity contribution in [3.63, 3.8) is 0 Å². The Kier molecular flexibility index (Phi) is 6.24. The predicted molar refractivity (Wildman–Crippen MR) is 115 cm³/mol. The number of hydrogen-bond donors (Lipinski definition) is 1. The first-order valence-corrected chi connectivity index (χ1v) is 9.43. The van der Waals surface area contributed by atoms with E-state index in [0.29, 0.717) is 22.7 Å². The lowest BCUT2D eigenvalue weighted by Crippen LogP contribution is -2.13. The molecule has 0 radical (unpaired) electrons. The number of ether oxygens (including phenoxy) is 1. The predicted octanol–water partition coefficient (Wildman–Crippen LogP) is 5.44. The number of anilines is 1. The summed E-state index contributed by atoms with van der Waals surface area (Å²) in [6.45, 7) is 3.73. The minimum Gasteiger partial charge on any atom is -0.497 e. The SMILES string of the molecule is COc1ccc(NC(=O)/C(C#N)=C\c2cc(C)n(-c3ccc(F)c(Cl)c3)c2C)cc1. The van der Waals surface area contributed by atoms with Crippen molar-refractivity contribution in [2.45, 2.75) is 13.8 Å². The second-order valence-corrected chi connectivity index (χ2v) is 7.02. The van der Waals surface area contributed by atoms with Gasteiger partial charge in [-0.05, 0) is 74.0 Å². The molecule has 0 aliphatic heterocycles. The van der Waals surface area contributed by atoms with E-state index in [1.807, 2.05) is 30.6 Å². The molecule has 7 heteroatoms. The zero-order chi connectivity index (χ0) is 21.8. The standard InChI is InChI=1S/C23H19ClFN3O2/c1-14-10-16(15(2)28(14)19-6-9-22(25)21(24)12-19)11-17(13-26)23(29)27-18-4-7-20(30-3)8-5-18/h4-12H,1-3H3,(H,27,29)/b17-11-. The molecule has 3 aromatic rings. The fourth-order valence-electron chi connectivity index (χ4n) is 3.13. The molecule has 2 aromatic carbocycles. The number of amides is 1. The second-order valence-electron chi connectivity index (χ2n) is 6.61. The van der Waals surface area contributed by atoms with Crippen molar-refractivity contribution < 1.29 is 13.9 Å². The highest BCUT2D eigenvalue weighted by Gasteiger charge is 2.15. The average Bonchev–Trinajstić information content (AvgIpc) is 3.01. The van der Waals surface area contributed by atoms with Crippen molar-refractivity contribution in [1.29, 1.82) is 5.26 Å². The third kappa shape index (κ3) is 4.37. The van der Waals surface area contributed by atoms with Gasteiger partial charge in [0.2, 0.25) is 0 Å². The number of rotatable bonds is 5. The Bertz CT molecular complexity index is 1170. The molecule has 1 N–H and O–H groups in total. The maximum atomic E-state index is 13.5. The van der Waals surface area contributed by atoms with E-state index in [1.165, 1.54) is 18.2 Å². The van der Waals surface area contributed by atoms with Crippen LogP contribution in [0.15, 0.2) is 54.1 Å². The first kappa shape index (κ1) is 21.2. The van der Waals surface area contributed by atoms with Crippen molar-refractivity contribution >= 4 is 29.3 Å². The van der Waals surface area contributed by atoms with Gasteiger partial charge in [-0.3, -0.25) is 4.79 Å². The van der Waals surface area contributed by atoms with Gasteiger partial charge in [0.1, 0.15) is 23.2 Å². The average molecular weight is 424 g/mol. The van der Waals surface area contributed by atoms with Gasteiger partial charge >= 0.3 is 0 Å². The lowest BCUT2D eigenvalue weighted by Gasteiger charge is -2.10. The molecule has 5 nitrogen and oxygen atoms in total. The Morgan fingerprint density at radius 2 is 1.90 bits per heavy atom. The highest BCUT2D eigenvalue weighted by atomic mass is 35.5. The van der Waals surface area contributed by atoms with E-state index in [0.717, 1.165) is 11.4 Å². The molecule has 1 amide bonds. The number of aryl methyl sites for hydroxylation is 1. The van der Waals surface area contributed by atoms with Crippen LogP contribution in [0.1, 0.15) is 17.0 Å². The number of nitrogens with one attached hydrogen (secondary N) is 1. The van der Waals surface area contributed by atoms with E-state index in [-0.39, 0.29) is 10.6 Å². The summed E-state index contributed by atoms with van der Waals surface area (Å²) < 4.78 is 20.5. The van der Waals surface area contributed by atoms with Crippen LogP contribution in [0.25, 0.3) is 11.8 Å². The minimum absolute atomic E-state index is 0.0219. The number of nitriles is 1. The van der Waals surface area contributed by atoms with E-state index in [1.54, 1.807) is 37.4 Å². The van der Waals surface area contributed by atoms with Crippen LogP contribution in [0, 0.1) is 31.0 Å². The van der Waals surface area contributed by atoms with Crippen molar-refractivity contribution in [3.05, 3.63) is 81.9 Å². The van der Waals surface area contributed by atoms with Crippen molar-refractivity contribution in [2.24, 2.45) is 0 Å². The van der Waals surface area contributed by atoms with Gasteiger partial charge in [-0.1, -0.05) is 11.6 Å². The van der Waals surface area contributed by atoms with Crippen LogP contribution < -0.4 is 10.1 Å². The Balaban J connectivity index is 1.91. The van der Waals surface area contributed by atoms with Crippen LogP contribution in [0.5, 0.6) is 5.75 Å². The molecule has 30 heavy (non-hydrogen) atoms. The highest BCUT2D eigenvalue weighted by molar-refractivity contribution is 6.30. The van der Waals surface area contributed by atoms with Gasteiger partial charge < -0.3 is 14.6 Å². The number of carbonyl (C=O) groups excluding carboxylic acids is 1. The molecular weight excluding hydrogens is 405 g/mol. The molecule has 0 bridgehead atoms. The van der Waals surface area contributed by atoms with E-state index in [2.05, 4.69) is 5.32 Å². The zero-order valence-corrected chi connectivity index (χ0v) is 17.4. The molecule has 0 fully saturated rings. The van der Waals surface area contributed by atoms with Crippen molar-refractivity contribution in [3.8, 4) is 17.5 Å². The van der Waals surface area contributed by atoms with Gasteiger partial charge in [0.25, 0.3) is 5.91 Å². The molecule has 0 saturated heterocycles. The number of hydrogen-bond acceptors (Lipinski definition) is 3. The van der Waals surface area contributed by atoms with E-state index < -0.39 is 11.7 Å². The van der Waals surface area contributed by atoms with Crippen molar-refractivity contribution in [1.82, 2.24) is 4.57 Å². The number of methoxy groups -OCH3 is 1. The molecular formula is C23H19ClFN3O2. The van der Waals surface area contributed by atoms with Crippen LogP contribution in [-0.2, 0) is 4.79 Å². The summed E-state index contributed by atoms with van der Waals surface area (Å²) in [7, 11) is 1.56. The summed E-state index contributed by atoms with van der Waals surface area (Å²) >= 11 is 5.92. The van der Waals surface area contributed by atoms with Crippen LogP contribution in [0.4, 0.5) is 10.1 Å². The maximum Gasteiger partial charge on any atom is 0.266 e. The number of halogens is 2. The van der Waals surface area contributed by atoms with E-state index >= 15 is 0 Å². The Hall–Kier alpha value is -3.56. The third-order valence-electron chi connectivity index (χ3n) is 4.64. The van der Waals surface area contributed by atoms with Crippen LogP contribution in [-0.4, -0.2) is 17.6 Å². The summed E-state index contributed by atoms with van der Waals surface area (Å²) in [6.07, 6.45) is 1.53. The van der Waals surface area contributed by atoms with Gasteiger partial charge in [0.15, 0.2) is 0 Å². The molecule has 0 saturated carbocycles. The van der Waals surface area contributed by atoms with Crippen molar-refractivity contribution in [2.75, 3.05) is 12.4 Å². The molecule has 3 rings (SSSR count). The van der Waals surface area contributed by atoms with E-state index in [4.69, 9.17) is 16.3 Å². The Morgan fingerprint density at radius 1 is 1.20 bits per heavy atom. The molecule has 152 valence electrons. The number of carbonyl (C=O) groups is 1. The molecule has 1 aromatic heterocycles. The lowest BCUT2D eigenvalue weighted by atomic mass is 10.1. The first-order chi connectivity index (χ1) is 14.3. The normalized spacial score (nSPS) is 11.1. The topological polar surface area (TPSA) is 67.0 Å². The highest BCUT2D eigenvalue weighted by Crippen LogP contribution is 2.26. The van der Waals surface area contributed by atoms with E-state index in [9.17, 15) is 14.4 Å². The Morgan fingerprint density at radius 3 is 2.50 bits per heavy atom. The minimum atomic E-state index is -0.516. The molecule has 0 aliphatic rings. The lowest BCUT2D eigenvalue weighted by molar-refractivity contribution is -0.112. The quantitative estimate of drug-likeness (QED) is 0.439. The number of benzene rings is 2. The van der Waals surface area contributed by atoms with Crippen LogP contribution >= 0.6 is 11.6 Å². The third-order valence-corrected chi connectivity index (χ3v) is 4.93. The molecule has 0 spiro atoms. The Labute approximate surface area is 179 Å². The molecule has 0 aliphatic carbocycles. The van der Waals surface area contributed by atoms with Crippen LogP contribution in [0.3, 0.4) is 0 Å². The summed E-state index contributed by atoms with van der Waals surface area (Å²) in [4.78, 5) is 12.6. The summed E-state index contributed by atoms with van der Waals surface area (Å²) in [5.74, 6) is -0.348. The summed E-state index contributed by atoms with van der Waals surface area (Å²) in [5, 5.41) is 12.2. The fourth-order valence-corrected chi connectivity index (χ4v) is 3.31. The van der Waals surface area contributed by atoms with Gasteiger partial charge in [-0.25, -0.2) is 4.39 Å². The zero-order valence-electron chi connectivity index (χ0n) is 16.7. The smallest absolute Gasteiger partial charge is 0.266 e. The molecule has 1 heterocycles. The van der Waals surface area contributed by atoms with Gasteiger partial charge in [0.05, 0.1) is 12.1 Å². The summed E-state index contributed by atoms with van der Waals surface area (Å²) in [6, 6.07) is 15.1. The van der Waals surface area contributed by atoms with Gasteiger partial charge in [-0.15, -0.1) is 0 Å². The number of aromatic nitrogens is 1.